The molecule has 0 saturated carbocycles. The number of alkyl halides is 3. The molecular formula is C16H22Cl2F3N3. The van der Waals surface area contributed by atoms with Crippen LogP contribution in [0.1, 0.15) is 17.5 Å². The monoisotopic (exact) mass is 383 g/mol. The lowest BCUT2D eigenvalue weighted by Gasteiger charge is -2.32. The lowest BCUT2D eigenvalue weighted by atomic mass is 10.1. The number of halogens is 5. The second-order valence-corrected chi connectivity index (χ2v) is 6.75. The van der Waals surface area contributed by atoms with Gasteiger partial charge in [-0.25, -0.2) is 0 Å². The van der Waals surface area contributed by atoms with E-state index >= 15 is 0 Å². The van der Waals surface area contributed by atoms with E-state index in [0.717, 1.165) is 51.8 Å². The first kappa shape index (κ1) is 19.8. The van der Waals surface area contributed by atoms with Crippen LogP contribution in [0, 0.1) is 0 Å². The molecule has 24 heavy (non-hydrogen) atoms. The van der Waals surface area contributed by atoms with Gasteiger partial charge in [-0.1, -0.05) is 11.6 Å². The van der Waals surface area contributed by atoms with Crippen LogP contribution >= 0.6 is 24.0 Å². The number of likely N-dealkylation sites (tertiary alicyclic amines) is 1. The molecule has 1 aromatic carbocycles. The number of nitrogens with one attached hydrogen (secondary N) is 1. The Morgan fingerprint density at radius 1 is 1.12 bits per heavy atom. The van der Waals surface area contributed by atoms with Crippen molar-refractivity contribution in [1.82, 2.24) is 15.1 Å². The number of rotatable bonds is 3. The topological polar surface area (TPSA) is 18.5 Å². The van der Waals surface area contributed by atoms with Gasteiger partial charge in [0, 0.05) is 56.9 Å². The molecule has 2 aliphatic heterocycles. The Kier molecular flexibility index (Phi) is 6.79. The van der Waals surface area contributed by atoms with Gasteiger partial charge < -0.3 is 5.32 Å². The zero-order chi connectivity index (χ0) is 16.4. The van der Waals surface area contributed by atoms with Crippen molar-refractivity contribution in [2.45, 2.75) is 25.2 Å². The fourth-order valence-corrected chi connectivity index (χ4v) is 3.72. The predicted molar refractivity (Wildman–Crippen MR) is 91.8 cm³/mol. The second-order valence-electron chi connectivity index (χ2n) is 6.31. The van der Waals surface area contributed by atoms with Crippen LogP contribution in [0.25, 0.3) is 0 Å². The molecule has 0 aromatic heterocycles. The summed E-state index contributed by atoms with van der Waals surface area (Å²) in [5.41, 5.74) is -0.0383. The molecule has 8 heteroatoms. The third-order valence-corrected chi connectivity index (χ3v) is 4.82. The Bertz CT molecular complexity index is 548. The Hall–Kier alpha value is -0.530. The summed E-state index contributed by atoms with van der Waals surface area (Å²) in [4.78, 5) is 4.70. The van der Waals surface area contributed by atoms with E-state index in [1.807, 2.05) is 0 Å². The molecule has 3 nitrogen and oxygen atoms in total. The van der Waals surface area contributed by atoms with Gasteiger partial charge in [-0.05, 0) is 30.2 Å². The SMILES string of the molecule is Cl.FC(F)(F)c1cc(Cl)cc(CN2CCC(N3CCNCC3)C2)c1. The average Bonchev–Trinajstić information content (AvgIpc) is 2.95. The molecule has 136 valence electrons. The summed E-state index contributed by atoms with van der Waals surface area (Å²) in [6, 6.07) is 4.34. The first-order valence-electron chi connectivity index (χ1n) is 7.95. The van der Waals surface area contributed by atoms with Crippen LogP contribution in [0.5, 0.6) is 0 Å². The van der Waals surface area contributed by atoms with Gasteiger partial charge in [-0.15, -0.1) is 12.4 Å². The van der Waals surface area contributed by atoms with E-state index in [2.05, 4.69) is 15.1 Å². The first-order valence-corrected chi connectivity index (χ1v) is 8.33. The molecule has 0 bridgehead atoms. The Morgan fingerprint density at radius 2 is 1.83 bits per heavy atom. The quantitative estimate of drug-likeness (QED) is 0.863. The van der Waals surface area contributed by atoms with Gasteiger partial charge in [0.05, 0.1) is 5.56 Å². The summed E-state index contributed by atoms with van der Waals surface area (Å²) < 4.78 is 38.6. The summed E-state index contributed by atoms with van der Waals surface area (Å²) in [7, 11) is 0. The van der Waals surface area contributed by atoms with Gasteiger partial charge in [0.2, 0.25) is 0 Å². The third-order valence-electron chi connectivity index (χ3n) is 4.61. The van der Waals surface area contributed by atoms with Gasteiger partial charge in [-0.2, -0.15) is 13.2 Å². The predicted octanol–water partition coefficient (Wildman–Crippen LogP) is 3.26. The molecule has 0 aliphatic carbocycles. The number of benzene rings is 1. The molecule has 1 N–H and O–H groups in total. The first-order chi connectivity index (χ1) is 10.9. The highest BCUT2D eigenvalue weighted by Crippen LogP contribution is 2.32. The van der Waals surface area contributed by atoms with E-state index in [1.165, 1.54) is 6.07 Å². The molecule has 1 atom stereocenters. The molecule has 1 unspecified atom stereocenters. The summed E-state index contributed by atoms with van der Waals surface area (Å²) in [6.07, 6.45) is -3.28. The standard InChI is InChI=1S/C16H21ClF3N3.ClH/c17-14-8-12(7-13(9-14)16(18,19)20)10-22-4-1-15(11-22)23-5-2-21-3-6-23;/h7-9,15,21H,1-6,10-11H2;1H. The summed E-state index contributed by atoms with van der Waals surface area (Å²) in [5.74, 6) is 0. The highest BCUT2D eigenvalue weighted by Gasteiger charge is 2.32. The minimum Gasteiger partial charge on any atom is -0.314 e. The van der Waals surface area contributed by atoms with Crippen LogP contribution in [-0.4, -0.2) is 55.1 Å². The van der Waals surface area contributed by atoms with Crippen molar-refractivity contribution in [3.8, 4) is 0 Å². The number of nitrogens with zero attached hydrogens (tertiary/aromatic N) is 2. The largest absolute Gasteiger partial charge is 0.416 e. The number of hydrogen-bond donors (Lipinski definition) is 1. The molecule has 2 heterocycles. The molecule has 2 fully saturated rings. The zero-order valence-electron chi connectivity index (χ0n) is 13.3. The average molecular weight is 384 g/mol. The maximum Gasteiger partial charge on any atom is 0.416 e. The molecular weight excluding hydrogens is 362 g/mol. The molecule has 3 rings (SSSR count). The van der Waals surface area contributed by atoms with E-state index < -0.39 is 11.7 Å². The van der Waals surface area contributed by atoms with Gasteiger partial charge in [0.15, 0.2) is 0 Å². The van der Waals surface area contributed by atoms with Gasteiger partial charge in [0.1, 0.15) is 0 Å². The normalized spacial score (nSPS) is 23.2. The van der Waals surface area contributed by atoms with Crippen molar-refractivity contribution >= 4 is 24.0 Å². The number of piperazine rings is 1. The van der Waals surface area contributed by atoms with Crippen LogP contribution < -0.4 is 5.32 Å². The smallest absolute Gasteiger partial charge is 0.314 e. The lowest BCUT2D eigenvalue weighted by Crippen LogP contribution is -2.49. The van der Waals surface area contributed by atoms with Crippen LogP contribution in [-0.2, 0) is 12.7 Å². The van der Waals surface area contributed by atoms with Crippen LogP contribution in [0.4, 0.5) is 13.2 Å². The van der Waals surface area contributed by atoms with Crippen molar-refractivity contribution in [3.05, 3.63) is 34.3 Å². The van der Waals surface area contributed by atoms with E-state index in [4.69, 9.17) is 11.6 Å². The summed E-state index contributed by atoms with van der Waals surface area (Å²) in [6.45, 7) is 6.48. The third kappa shape index (κ3) is 4.99. The Balaban J connectivity index is 0.00000208. The maximum absolute atomic E-state index is 12.9. The van der Waals surface area contributed by atoms with Crippen LogP contribution in [0.2, 0.25) is 5.02 Å². The fourth-order valence-electron chi connectivity index (χ4n) is 3.46. The minimum absolute atomic E-state index is 0. The van der Waals surface area contributed by atoms with E-state index in [1.54, 1.807) is 6.07 Å². The zero-order valence-corrected chi connectivity index (χ0v) is 14.9. The highest BCUT2D eigenvalue weighted by molar-refractivity contribution is 6.30. The van der Waals surface area contributed by atoms with Gasteiger partial charge >= 0.3 is 6.18 Å². The van der Waals surface area contributed by atoms with Gasteiger partial charge in [0.25, 0.3) is 0 Å². The Morgan fingerprint density at radius 3 is 2.50 bits per heavy atom. The molecule has 2 aliphatic rings. The minimum atomic E-state index is -4.35. The van der Waals surface area contributed by atoms with Crippen molar-refractivity contribution in [3.63, 3.8) is 0 Å². The van der Waals surface area contributed by atoms with Crippen LogP contribution in [0.15, 0.2) is 18.2 Å². The van der Waals surface area contributed by atoms with E-state index in [-0.39, 0.29) is 17.4 Å². The summed E-state index contributed by atoms with van der Waals surface area (Å²) in [5, 5.41) is 3.49. The molecule has 0 spiro atoms. The molecule has 1 aromatic rings. The molecule has 0 radical (unpaired) electrons. The highest BCUT2D eigenvalue weighted by atomic mass is 35.5. The Labute approximate surface area is 151 Å². The van der Waals surface area contributed by atoms with Gasteiger partial charge in [-0.3, -0.25) is 9.80 Å². The van der Waals surface area contributed by atoms with Crippen molar-refractivity contribution in [2.24, 2.45) is 0 Å². The van der Waals surface area contributed by atoms with E-state index in [9.17, 15) is 13.2 Å². The lowest BCUT2D eigenvalue weighted by molar-refractivity contribution is -0.137. The van der Waals surface area contributed by atoms with E-state index in [0.29, 0.717) is 18.2 Å². The van der Waals surface area contributed by atoms with Crippen LogP contribution in [0.3, 0.4) is 0 Å². The maximum atomic E-state index is 12.9. The second kappa shape index (κ2) is 8.23. The number of hydrogen-bond acceptors (Lipinski definition) is 3. The van der Waals surface area contributed by atoms with Crippen molar-refractivity contribution < 1.29 is 13.2 Å². The molecule has 0 amide bonds. The van der Waals surface area contributed by atoms with Crippen molar-refractivity contribution in [1.29, 1.82) is 0 Å². The van der Waals surface area contributed by atoms with Crippen molar-refractivity contribution in [2.75, 3.05) is 39.3 Å². The fraction of sp³-hybridized carbons (Fsp3) is 0.625. The summed E-state index contributed by atoms with van der Waals surface area (Å²) >= 11 is 5.86. The molecule has 2 saturated heterocycles.